The molecule has 0 amide bonds. The molecule has 0 aliphatic rings. The standard InChI is InChI=1S/C18H16N6.H2/c1-3-12(9-19-2)13-8-14-15(11-22-18(14)21-10-13)16-4-5-17-20-6-7-24(17)23-16;/h3-11,19H,1H2,2H3,(H,21,22);1H/b12-9+;. The van der Waals surface area contributed by atoms with Crippen LogP contribution in [0.2, 0.25) is 0 Å². The highest BCUT2D eigenvalue weighted by Gasteiger charge is 2.11. The van der Waals surface area contributed by atoms with Crippen molar-refractivity contribution in [2.45, 2.75) is 0 Å². The zero-order chi connectivity index (χ0) is 16.5. The van der Waals surface area contributed by atoms with Gasteiger partial charge < -0.3 is 10.3 Å². The zero-order valence-electron chi connectivity index (χ0n) is 13.2. The summed E-state index contributed by atoms with van der Waals surface area (Å²) < 4.78 is 1.77. The molecular weight excluding hydrogens is 300 g/mol. The average molecular weight is 318 g/mol. The number of H-pyrrole nitrogens is 1. The molecule has 4 heterocycles. The topological polar surface area (TPSA) is 70.9 Å². The number of nitrogens with zero attached hydrogens (tertiary/aromatic N) is 4. The smallest absolute Gasteiger partial charge is 0.153 e. The Balaban J connectivity index is 0.00000182. The molecule has 0 bridgehead atoms. The minimum absolute atomic E-state index is 0. The minimum Gasteiger partial charge on any atom is -0.393 e. The van der Waals surface area contributed by atoms with Crippen molar-refractivity contribution in [3.8, 4) is 11.3 Å². The quantitative estimate of drug-likeness (QED) is 0.567. The number of rotatable bonds is 4. The summed E-state index contributed by atoms with van der Waals surface area (Å²) in [5, 5.41) is 8.67. The molecule has 0 atom stereocenters. The molecule has 120 valence electrons. The lowest BCUT2D eigenvalue weighted by atomic mass is 10.1. The van der Waals surface area contributed by atoms with Crippen molar-refractivity contribution in [3.05, 3.63) is 67.4 Å². The summed E-state index contributed by atoms with van der Waals surface area (Å²) >= 11 is 0. The fourth-order valence-electron chi connectivity index (χ4n) is 2.75. The first-order valence-corrected chi connectivity index (χ1v) is 7.58. The third-order valence-electron chi connectivity index (χ3n) is 3.92. The number of aromatic nitrogens is 5. The van der Waals surface area contributed by atoms with Gasteiger partial charge in [-0.05, 0) is 23.8 Å². The van der Waals surface area contributed by atoms with Crippen LogP contribution < -0.4 is 5.32 Å². The number of aromatic amines is 1. The highest BCUT2D eigenvalue weighted by atomic mass is 15.2. The lowest BCUT2D eigenvalue weighted by Crippen LogP contribution is -1.95. The van der Waals surface area contributed by atoms with Crippen LogP contribution in [-0.4, -0.2) is 31.6 Å². The SMILES string of the molecule is C=C/C(=C\NC)c1cnc2[nH]cc(-c3ccc4nccn4n3)c2c1.[HH]. The molecule has 24 heavy (non-hydrogen) atoms. The van der Waals surface area contributed by atoms with E-state index in [1.807, 2.05) is 50.0 Å². The maximum Gasteiger partial charge on any atom is 0.153 e. The fraction of sp³-hybridized carbons (Fsp3) is 0.0556. The van der Waals surface area contributed by atoms with Gasteiger partial charge in [-0.2, -0.15) is 5.10 Å². The van der Waals surface area contributed by atoms with Crippen molar-refractivity contribution in [1.82, 2.24) is 29.9 Å². The molecule has 0 saturated carbocycles. The molecule has 0 aromatic carbocycles. The molecular formula is C18H18N6. The summed E-state index contributed by atoms with van der Waals surface area (Å²) in [6, 6.07) is 6.02. The Morgan fingerprint density at radius 1 is 1.38 bits per heavy atom. The Bertz CT molecular complexity index is 1080. The second-order valence-corrected chi connectivity index (χ2v) is 5.36. The van der Waals surface area contributed by atoms with Crippen molar-refractivity contribution < 1.29 is 1.43 Å². The molecule has 6 heteroatoms. The highest BCUT2D eigenvalue weighted by Crippen LogP contribution is 2.28. The Hall–Kier alpha value is -3.41. The molecule has 4 rings (SSSR count). The second kappa shape index (κ2) is 5.66. The third-order valence-corrected chi connectivity index (χ3v) is 3.92. The summed E-state index contributed by atoms with van der Waals surface area (Å²) in [7, 11) is 1.86. The monoisotopic (exact) mass is 318 g/mol. The van der Waals surface area contributed by atoms with E-state index in [-0.39, 0.29) is 1.43 Å². The normalized spacial score (nSPS) is 12.0. The van der Waals surface area contributed by atoms with Gasteiger partial charge in [0.25, 0.3) is 0 Å². The molecule has 2 N–H and O–H groups in total. The van der Waals surface area contributed by atoms with Crippen LogP contribution in [0, 0.1) is 0 Å². The predicted molar refractivity (Wildman–Crippen MR) is 97.4 cm³/mol. The molecule has 4 aromatic rings. The third kappa shape index (κ3) is 2.25. The van der Waals surface area contributed by atoms with Crippen LogP contribution in [-0.2, 0) is 0 Å². The van der Waals surface area contributed by atoms with Gasteiger partial charge >= 0.3 is 0 Å². The minimum atomic E-state index is 0. The van der Waals surface area contributed by atoms with Crippen molar-refractivity contribution in [3.63, 3.8) is 0 Å². The number of fused-ring (bicyclic) bond motifs is 2. The van der Waals surface area contributed by atoms with Gasteiger partial charge in [-0.3, -0.25) is 0 Å². The van der Waals surface area contributed by atoms with Crippen LogP contribution in [0.1, 0.15) is 6.99 Å². The largest absolute Gasteiger partial charge is 0.393 e. The Morgan fingerprint density at radius 3 is 3.12 bits per heavy atom. The Labute approximate surface area is 140 Å². The van der Waals surface area contributed by atoms with Crippen molar-refractivity contribution in [1.29, 1.82) is 0 Å². The van der Waals surface area contributed by atoms with Gasteiger partial charge in [0.15, 0.2) is 5.65 Å². The van der Waals surface area contributed by atoms with E-state index in [4.69, 9.17) is 0 Å². The van der Waals surface area contributed by atoms with Crippen LogP contribution in [0.3, 0.4) is 0 Å². The summed E-state index contributed by atoms with van der Waals surface area (Å²) in [5.74, 6) is 0. The van der Waals surface area contributed by atoms with Gasteiger partial charge in [0.05, 0.1) is 5.69 Å². The number of pyridine rings is 1. The predicted octanol–water partition coefficient (Wildman–Crippen LogP) is 3.26. The number of hydrogen-bond acceptors (Lipinski definition) is 4. The first kappa shape index (κ1) is 14.2. The van der Waals surface area contributed by atoms with E-state index in [0.717, 1.165) is 39.1 Å². The van der Waals surface area contributed by atoms with Crippen LogP contribution >= 0.6 is 0 Å². The molecule has 0 unspecified atom stereocenters. The maximum absolute atomic E-state index is 4.62. The van der Waals surface area contributed by atoms with Gasteiger partial charge in [-0.15, -0.1) is 0 Å². The molecule has 4 aromatic heterocycles. The molecule has 0 aliphatic carbocycles. The number of allylic oxidation sites excluding steroid dienone is 2. The summed E-state index contributed by atoms with van der Waals surface area (Å²) in [6.07, 6.45) is 11.0. The van der Waals surface area contributed by atoms with E-state index in [0.29, 0.717) is 0 Å². The summed E-state index contributed by atoms with van der Waals surface area (Å²) in [6.45, 7) is 3.87. The number of hydrogen-bond donors (Lipinski definition) is 2. The fourth-order valence-corrected chi connectivity index (χ4v) is 2.75. The van der Waals surface area contributed by atoms with E-state index in [1.165, 1.54) is 0 Å². The van der Waals surface area contributed by atoms with Crippen molar-refractivity contribution in [2.24, 2.45) is 0 Å². The molecule has 0 fully saturated rings. The summed E-state index contributed by atoms with van der Waals surface area (Å²) in [4.78, 5) is 11.9. The van der Waals surface area contributed by atoms with Crippen LogP contribution in [0.15, 0.2) is 61.8 Å². The zero-order valence-corrected chi connectivity index (χ0v) is 13.2. The summed E-state index contributed by atoms with van der Waals surface area (Å²) in [5.41, 5.74) is 5.50. The first-order chi connectivity index (χ1) is 11.8. The highest BCUT2D eigenvalue weighted by molar-refractivity contribution is 5.94. The Morgan fingerprint density at radius 2 is 2.29 bits per heavy atom. The van der Waals surface area contributed by atoms with Crippen LogP contribution in [0.5, 0.6) is 0 Å². The van der Waals surface area contributed by atoms with E-state index in [9.17, 15) is 0 Å². The Kier molecular flexibility index (Phi) is 3.35. The van der Waals surface area contributed by atoms with Crippen molar-refractivity contribution >= 4 is 22.3 Å². The van der Waals surface area contributed by atoms with Gasteiger partial charge in [-0.1, -0.05) is 12.7 Å². The maximum atomic E-state index is 4.62. The van der Waals surface area contributed by atoms with E-state index in [2.05, 4.69) is 38.0 Å². The van der Waals surface area contributed by atoms with Gasteiger partial charge in [0.1, 0.15) is 5.65 Å². The van der Waals surface area contributed by atoms with Gasteiger partial charge in [-0.25, -0.2) is 14.5 Å². The van der Waals surface area contributed by atoms with Crippen LogP contribution in [0.25, 0.3) is 33.5 Å². The number of imidazole rings is 1. The first-order valence-electron chi connectivity index (χ1n) is 7.58. The molecule has 0 saturated heterocycles. The van der Waals surface area contributed by atoms with E-state index >= 15 is 0 Å². The lowest BCUT2D eigenvalue weighted by Gasteiger charge is -2.04. The molecule has 6 nitrogen and oxygen atoms in total. The van der Waals surface area contributed by atoms with Crippen LogP contribution in [0.4, 0.5) is 0 Å². The van der Waals surface area contributed by atoms with E-state index < -0.39 is 0 Å². The van der Waals surface area contributed by atoms with Crippen molar-refractivity contribution in [2.75, 3.05) is 7.05 Å². The molecule has 0 spiro atoms. The second-order valence-electron chi connectivity index (χ2n) is 5.36. The van der Waals surface area contributed by atoms with Gasteiger partial charge in [0.2, 0.25) is 0 Å². The van der Waals surface area contributed by atoms with E-state index in [1.54, 1.807) is 10.7 Å². The lowest BCUT2D eigenvalue weighted by molar-refractivity contribution is 0.943. The number of nitrogens with one attached hydrogen (secondary N) is 2. The average Bonchev–Trinajstić information content (AvgIpc) is 3.24. The van der Waals surface area contributed by atoms with Gasteiger partial charge in [0, 0.05) is 56.0 Å². The molecule has 0 aliphatic heterocycles. The molecule has 0 radical (unpaired) electrons.